The van der Waals surface area contributed by atoms with Crippen LogP contribution in [0, 0.1) is 5.41 Å². The van der Waals surface area contributed by atoms with Crippen LogP contribution >= 0.6 is 11.6 Å². The summed E-state index contributed by atoms with van der Waals surface area (Å²) in [5, 5.41) is 21.5. The number of hydrogen-bond donors (Lipinski definition) is 1. The second-order valence-corrected chi connectivity index (χ2v) is 6.37. The summed E-state index contributed by atoms with van der Waals surface area (Å²) in [6.07, 6.45) is -0.0465. The average molecular weight is 309 g/mol. The van der Waals surface area contributed by atoms with E-state index in [9.17, 15) is 4.79 Å². The van der Waals surface area contributed by atoms with Crippen molar-refractivity contribution in [2.45, 2.75) is 33.2 Å². The topological polar surface area (TPSA) is 80.9 Å². The molecule has 1 aromatic carbocycles. The predicted molar refractivity (Wildman–Crippen MR) is 79.0 cm³/mol. The molecule has 112 valence electrons. The van der Waals surface area contributed by atoms with Crippen molar-refractivity contribution in [3.05, 3.63) is 29.3 Å². The van der Waals surface area contributed by atoms with Gasteiger partial charge in [-0.2, -0.15) is 0 Å². The number of hydrogen-bond acceptors (Lipinski definition) is 4. The predicted octanol–water partition coefficient (Wildman–Crippen LogP) is 3.06. The number of benzene rings is 1. The van der Waals surface area contributed by atoms with Gasteiger partial charge in [-0.3, -0.25) is 4.79 Å². The van der Waals surface area contributed by atoms with E-state index < -0.39 is 5.97 Å². The Hall–Kier alpha value is -1.95. The summed E-state index contributed by atoms with van der Waals surface area (Å²) in [5.74, 6) is -0.347. The highest BCUT2D eigenvalue weighted by Gasteiger charge is 2.32. The van der Waals surface area contributed by atoms with Gasteiger partial charge in [0.05, 0.1) is 12.5 Å². The third-order valence-corrected chi connectivity index (χ3v) is 3.51. The molecule has 1 atom stereocenters. The van der Waals surface area contributed by atoms with E-state index in [2.05, 4.69) is 15.5 Å². The number of halogens is 1. The van der Waals surface area contributed by atoms with Gasteiger partial charge in [0.15, 0.2) is 5.82 Å². The van der Waals surface area contributed by atoms with E-state index in [1.54, 1.807) is 16.8 Å². The minimum absolute atomic E-state index is 0.0465. The molecule has 0 fully saturated rings. The highest BCUT2D eigenvalue weighted by Crippen LogP contribution is 2.35. The molecule has 1 N–H and O–H groups in total. The van der Waals surface area contributed by atoms with Crippen molar-refractivity contribution >= 4 is 17.6 Å². The number of carboxylic acids is 1. The first-order valence-corrected chi connectivity index (χ1v) is 6.92. The minimum atomic E-state index is -0.882. The molecule has 21 heavy (non-hydrogen) atoms. The van der Waals surface area contributed by atoms with Crippen LogP contribution in [0.3, 0.4) is 0 Å². The van der Waals surface area contributed by atoms with Crippen LogP contribution in [0.15, 0.2) is 24.3 Å². The van der Waals surface area contributed by atoms with Crippen molar-refractivity contribution in [1.82, 2.24) is 20.2 Å². The Morgan fingerprint density at radius 2 is 1.95 bits per heavy atom. The molecule has 1 aromatic heterocycles. The first-order valence-electron chi connectivity index (χ1n) is 6.54. The van der Waals surface area contributed by atoms with Crippen molar-refractivity contribution < 1.29 is 9.90 Å². The van der Waals surface area contributed by atoms with E-state index in [1.807, 2.05) is 32.9 Å². The first kappa shape index (κ1) is 15.4. The summed E-state index contributed by atoms with van der Waals surface area (Å²) in [6, 6.07) is 6.77. The summed E-state index contributed by atoms with van der Waals surface area (Å²) in [4.78, 5) is 11.1. The monoisotopic (exact) mass is 308 g/mol. The lowest BCUT2D eigenvalue weighted by atomic mass is 9.84. The van der Waals surface area contributed by atoms with Gasteiger partial charge >= 0.3 is 5.97 Å². The number of carbonyl (C=O) groups is 1. The number of carboxylic acid groups (broad SMARTS) is 1. The van der Waals surface area contributed by atoms with E-state index in [-0.39, 0.29) is 17.9 Å². The lowest BCUT2D eigenvalue weighted by Gasteiger charge is -2.29. The third-order valence-electron chi connectivity index (χ3n) is 3.26. The maximum Gasteiger partial charge on any atom is 0.305 e. The summed E-state index contributed by atoms with van der Waals surface area (Å²) < 4.78 is 1.58. The number of tetrazole rings is 1. The number of rotatable bonds is 4. The zero-order valence-corrected chi connectivity index (χ0v) is 12.9. The largest absolute Gasteiger partial charge is 0.481 e. The van der Waals surface area contributed by atoms with Gasteiger partial charge in [0.25, 0.3) is 0 Å². The van der Waals surface area contributed by atoms with Crippen molar-refractivity contribution in [2.24, 2.45) is 5.41 Å². The van der Waals surface area contributed by atoms with Crippen LogP contribution in [0.4, 0.5) is 0 Å². The van der Waals surface area contributed by atoms with Crippen LogP contribution < -0.4 is 0 Å². The fourth-order valence-corrected chi connectivity index (χ4v) is 2.24. The van der Waals surface area contributed by atoms with Gasteiger partial charge in [-0.15, -0.1) is 5.10 Å². The fourth-order valence-electron chi connectivity index (χ4n) is 2.12. The minimum Gasteiger partial charge on any atom is -0.481 e. The molecule has 0 saturated carbocycles. The van der Waals surface area contributed by atoms with Crippen LogP contribution in [-0.2, 0) is 4.79 Å². The zero-order chi connectivity index (χ0) is 15.6. The maximum atomic E-state index is 11.1. The molecule has 6 nitrogen and oxygen atoms in total. The molecule has 0 spiro atoms. The summed E-state index contributed by atoms with van der Waals surface area (Å²) in [7, 11) is 0. The Morgan fingerprint density at radius 1 is 1.33 bits per heavy atom. The van der Waals surface area contributed by atoms with Crippen molar-refractivity contribution in [3.8, 4) is 11.4 Å². The lowest BCUT2D eigenvalue weighted by Crippen LogP contribution is -2.28. The number of aliphatic carboxylic acids is 1. The SMILES string of the molecule is CC(C)(C)C(CC(=O)O)n1nnnc1-c1ccc(Cl)cc1. The molecule has 0 amide bonds. The van der Waals surface area contributed by atoms with E-state index >= 15 is 0 Å². The summed E-state index contributed by atoms with van der Waals surface area (Å²) in [5.41, 5.74) is 0.499. The second-order valence-electron chi connectivity index (χ2n) is 5.93. The zero-order valence-electron chi connectivity index (χ0n) is 12.1. The Bertz CT molecular complexity index is 631. The Morgan fingerprint density at radius 3 is 2.48 bits per heavy atom. The lowest BCUT2D eigenvalue weighted by molar-refractivity contribution is -0.138. The van der Waals surface area contributed by atoms with Gasteiger partial charge in [0, 0.05) is 10.6 Å². The molecule has 0 aliphatic rings. The summed E-state index contributed by atoms with van der Waals surface area (Å²) >= 11 is 5.88. The van der Waals surface area contributed by atoms with Crippen molar-refractivity contribution in [3.63, 3.8) is 0 Å². The van der Waals surface area contributed by atoms with Crippen molar-refractivity contribution in [1.29, 1.82) is 0 Å². The van der Waals surface area contributed by atoms with Gasteiger partial charge in [0.2, 0.25) is 0 Å². The summed E-state index contributed by atoms with van der Waals surface area (Å²) in [6.45, 7) is 5.90. The van der Waals surface area contributed by atoms with E-state index in [0.29, 0.717) is 10.8 Å². The molecule has 0 bridgehead atoms. The molecule has 2 rings (SSSR count). The second kappa shape index (κ2) is 5.81. The van der Waals surface area contributed by atoms with Gasteiger partial charge in [-0.25, -0.2) is 4.68 Å². The standard InChI is InChI=1S/C14H17ClN4O2/c1-14(2,3)11(8-12(20)21)19-13(16-17-18-19)9-4-6-10(15)7-5-9/h4-7,11H,8H2,1-3H3,(H,20,21). The first-order chi connectivity index (χ1) is 9.79. The Labute approximate surface area is 127 Å². The van der Waals surface area contributed by atoms with Gasteiger partial charge in [0.1, 0.15) is 0 Å². The van der Waals surface area contributed by atoms with E-state index in [4.69, 9.17) is 16.7 Å². The quantitative estimate of drug-likeness (QED) is 0.938. The normalized spacial score (nSPS) is 13.1. The molecule has 0 aliphatic carbocycles. The molecule has 2 aromatic rings. The van der Waals surface area contributed by atoms with Crippen LogP contribution in [-0.4, -0.2) is 31.3 Å². The molecule has 0 radical (unpaired) electrons. The van der Waals surface area contributed by atoms with E-state index in [0.717, 1.165) is 5.56 Å². The molecule has 0 saturated heterocycles. The van der Waals surface area contributed by atoms with Gasteiger partial charge in [-0.1, -0.05) is 32.4 Å². The Kier molecular flexibility index (Phi) is 4.27. The third kappa shape index (κ3) is 3.58. The molecule has 0 aliphatic heterocycles. The maximum absolute atomic E-state index is 11.1. The number of nitrogens with zero attached hydrogens (tertiary/aromatic N) is 4. The smallest absolute Gasteiger partial charge is 0.305 e. The average Bonchev–Trinajstić information content (AvgIpc) is 2.84. The molecule has 1 heterocycles. The van der Waals surface area contributed by atoms with Crippen LogP contribution in [0.5, 0.6) is 0 Å². The highest BCUT2D eigenvalue weighted by atomic mass is 35.5. The molecular weight excluding hydrogens is 292 g/mol. The van der Waals surface area contributed by atoms with Gasteiger partial charge < -0.3 is 5.11 Å². The fraction of sp³-hybridized carbons (Fsp3) is 0.429. The number of aromatic nitrogens is 4. The van der Waals surface area contributed by atoms with Crippen LogP contribution in [0.2, 0.25) is 5.02 Å². The van der Waals surface area contributed by atoms with E-state index in [1.165, 1.54) is 0 Å². The van der Waals surface area contributed by atoms with Crippen molar-refractivity contribution in [2.75, 3.05) is 0 Å². The molecule has 7 heteroatoms. The van der Waals surface area contributed by atoms with Gasteiger partial charge in [-0.05, 0) is 40.1 Å². The van der Waals surface area contributed by atoms with Crippen LogP contribution in [0.1, 0.15) is 33.2 Å². The highest BCUT2D eigenvalue weighted by molar-refractivity contribution is 6.30. The molecule has 1 unspecified atom stereocenters. The Balaban J connectivity index is 2.46. The molecular formula is C14H17ClN4O2. The van der Waals surface area contributed by atoms with Crippen LogP contribution in [0.25, 0.3) is 11.4 Å².